The summed E-state index contributed by atoms with van der Waals surface area (Å²) in [5, 5.41) is 10.8. The van der Waals surface area contributed by atoms with Gasteiger partial charge in [0.05, 0.1) is 12.2 Å². The van der Waals surface area contributed by atoms with E-state index in [9.17, 15) is 0 Å². The molecule has 140 valence electrons. The molecule has 1 aliphatic rings. The summed E-state index contributed by atoms with van der Waals surface area (Å²) in [5.41, 5.74) is 2.25. The van der Waals surface area contributed by atoms with Crippen molar-refractivity contribution in [2.75, 3.05) is 25.0 Å². The first kappa shape index (κ1) is 18.2. The molecule has 1 saturated heterocycles. The maximum absolute atomic E-state index is 4.64. The van der Waals surface area contributed by atoms with Gasteiger partial charge in [-0.05, 0) is 36.5 Å². The third-order valence-electron chi connectivity index (χ3n) is 4.96. The van der Waals surface area contributed by atoms with Crippen LogP contribution >= 0.6 is 0 Å². The van der Waals surface area contributed by atoms with Crippen molar-refractivity contribution in [3.05, 3.63) is 41.9 Å². The molecule has 0 aromatic carbocycles. The molecule has 0 spiro atoms. The van der Waals surface area contributed by atoms with Gasteiger partial charge in [-0.15, -0.1) is 0 Å². The Morgan fingerprint density at radius 2 is 1.96 bits per heavy atom. The van der Waals surface area contributed by atoms with Crippen molar-refractivity contribution < 1.29 is 0 Å². The Labute approximate surface area is 155 Å². The van der Waals surface area contributed by atoms with Crippen LogP contribution in [-0.4, -0.2) is 40.9 Å². The second-order valence-electron chi connectivity index (χ2n) is 6.92. The molecule has 0 atom stereocenters. The van der Waals surface area contributed by atoms with E-state index in [-0.39, 0.29) is 0 Å². The van der Waals surface area contributed by atoms with Crippen LogP contribution < -0.4 is 15.5 Å². The molecule has 0 amide bonds. The predicted molar refractivity (Wildman–Crippen MR) is 105 cm³/mol. The molecule has 3 rings (SSSR count). The fraction of sp³-hybridized carbons (Fsp3) is 0.526. The molecule has 2 N–H and O–H groups in total. The molecule has 3 heterocycles. The number of guanidine groups is 1. The highest BCUT2D eigenvalue weighted by Gasteiger charge is 2.16. The summed E-state index contributed by atoms with van der Waals surface area (Å²) in [6.45, 7) is 5.91. The van der Waals surface area contributed by atoms with Crippen LogP contribution in [0.25, 0.3) is 0 Å². The van der Waals surface area contributed by atoms with Crippen molar-refractivity contribution in [1.29, 1.82) is 0 Å². The summed E-state index contributed by atoms with van der Waals surface area (Å²) in [6, 6.07) is 6.25. The first-order chi connectivity index (χ1) is 12.7. The smallest absolute Gasteiger partial charge is 0.191 e. The topological polar surface area (TPSA) is 70.4 Å². The molecule has 0 aliphatic carbocycles. The third kappa shape index (κ3) is 4.74. The summed E-state index contributed by atoms with van der Waals surface area (Å²) >= 11 is 0. The molecule has 1 aliphatic heterocycles. The van der Waals surface area contributed by atoms with E-state index in [1.54, 1.807) is 13.2 Å². The lowest BCUT2D eigenvalue weighted by Crippen LogP contribution is -2.36. The quantitative estimate of drug-likeness (QED) is 0.633. The lowest BCUT2D eigenvalue weighted by molar-refractivity contribution is 0.436. The van der Waals surface area contributed by atoms with Crippen molar-refractivity contribution >= 4 is 11.8 Å². The lowest BCUT2D eigenvalue weighted by atomic mass is 9.99. The standard InChI is InChI=1S/C19H29N7/c1-15-7-10-26(11-8-15)18-5-4-16(12-21-18)13-22-19(20-2)23-14-17-6-9-24-25(17)3/h4-6,9,12,15H,7-8,10-11,13-14H2,1-3H3,(H2,20,22,23). The van der Waals surface area contributed by atoms with Gasteiger partial charge in [-0.1, -0.05) is 13.0 Å². The lowest BCUT2D eigenvalue weighted by Gasteiger charge is -2.31. The molecule has 26 heavy (non-hydrogen) atoms. The van der Waals surface area contributed by atoms with E-state index in [4.69, 9.17) is 0 Å². The van der Waals surface area contributed by atoms with Gasteiger partial charge in [0.1, 0.15) is 5.82 Å². The monoisotopic (exact) mass is 355 g/mol. The summed E-state index contributed by atoms with van der Waals surface area (Å²) in [6.07, 6.45) is 6.26. The summed E-state index contributed by atoms with van der Waals surface area (Å²) in [7, 11) is 3.71. The van der Waals surface area contributed by atoms with Gasteiger partial charge >= 0.3 is 0 Å². The van der Waals surface area contributed by atoms with Crippen LogP contribution in [0.1, 0.15) is 31.0 Å². The number of hydrogen-bond donors (Lipinski definition) is 2. The Morgan fingerprint density at radius 3 is 2.58 bits per heavy atom. The highest BCUT2D eigenvalue weighted by atomic mass is 15.3. The van der Waals surface area contributed by atoms with E-state index in [1.807, 2.05) is 24.0 Å². The number of nitrogens with one attached hydrogen (secondary N) is 2. The van der Waals surface area contributed by atoms with E-state index < -0.39 is 0 Å². The molecule has 1 fully saturated rings. The van der Waals surface area contributed by atoms with Gasteiger partial charge in [-0.25, -0.2) is 4.98 Å². The van der Waals surface area contributed by atoms with E-state index in [2.05, 4.69) is 49.7 Å². The van der Waals surface area contributed by atoms with Crippen LogP contribution in [0.15, 0.2) is 35.6 Å². The SMILES string of the molecule is CN=C(NCc1ccc(N2CCC(C)CC2)nc1)NCc1ccnn1C. The second-order valence-corrected chi connectivity index (χ2v) is 6.92. The van der Waals surface area contributed by atoms with E-state index in [1.165, 1.54) is 12.8 Å². The van der Waals surface area contributed by atoms with E-state index in [0.29, 0.717) is 13.1 Å². The Bertz CT molecular complexity index is 712. The molecular weight excluding hydrogens is 326 g/mol. The van der Waals surface area contributed by atoms with E-state index >= 15 is 0 Å². The molecule has 7 heteroatoms. The molecule has 2 aromatic rings. The summed E-state index contributed by atoms with van der Waals surface area (Å²) in [4.78, 5) is 11.3. The maximum Gasteiger partial charge on any atom is 0.191 e. The maximum atomic E-state index is 4.64. The first-order valence-corrected chi connectivity index (χ1v) is 9.27. The highest BCUT2D eigenvalue weighted by molar-refractivity contribution is 5.79. The van der Waals surface area contributed by atoms with Crippen molar-refractivity contribution in [3.8, 4) is 0 Å². The first-order valence-electron chi connectivity index (χ1n) is 9.27. The molecule has 0 bridgehead atoms. The van der Waals surface area contributed by atoms with Crippen molar-refractivity contribution in [2.24, 2.45) is 18.0 Å². The molecule has 7 nitrogen and oxygen atoms in total. The predicted octanol–water partition coefficient (Wildman–Crippen LogP) is 1.92. The Kier molecular flexibility index (Phi) is 6.09. The highest BCUT2D eigenvalue weighted by Crippen LogP contribution is 2.21. The number of nitrogens with zero attached hydrogens (tertiary/aromatic N) is 5. The van der Waals surface area contributed by atoms with Crippen LogP contribution in [-0.2, 0) is 20.1 Å². The molecular formula is C19H29N7. The normalized spacial score (nSPS) is 16.0. The largest absolute Gasteiger partial charge is 0.357 e. The number of aliphatic imine (C=N–C) groups is 1. The zero-order valence-electron chi connectivity index (χ0n) is 15.9. The van der Waals surface area contributed by atoms with Gasteiger partial charge in [0.2, 0.25) is 0 Å². The van der Waals surface area contributed by atoms with Crippen LogP contribution in [0.2, 0.25) is 0 Å². The van der Waals surface area contributed by atoms with Crippen molar-refractivity contribution in [1.82, 2.24) is 25.4 Å². The number of aryl methyl sites for hydroxylation is 1. The average Bonchev–Trinajstić information content (AvgIpc) is 3.08. The summed E-state index contributed by atoms with van der Waals surface area (Å²) in [5.74, 6) is 2.68. The van der Waals surface area contributed by atoms with Crippen molar-refractivity contribution in [3.63, 3.8) is 0 Å². The molecule has 0 radical (unpaired) electrons. The fourth-order valence-corrected chi connectivity index (χ4v) is 3.10. The second kappa shape index (κ2) is 8.69. The fourth-order valence-electron chi connectivity index (χ4n) is 3.10. The van der Waals surface area contributed by atoms with E-state index in [0.717, 1.165) is 42.0 Å². The van der Waals surface area contributed by atoms with Crippen LogP contribution in [0.4, 0.5) is 5.82 Å². The van der Waals surface area contributed by atoms with Gasteiger partial charge in [0, 0.05) is 46.1 Å². The van der Waals surface area contributed by atoms with Crippen LogP contribution in [0.5, 0.6) is 0 Å². The Balaban J connectivity index is 1.48. The van der Waals surface area contributed by atoms with Gasteiger partial charge in [0.25, 0.3) is 0 Å². The molecule has 0 saturated carbocycles. The van der Waals surface area contributed by atoms with Crippen LogP contribution in [0, 0.1) is 5.92 Å². The molecule has 0 unspecified atom stereocenters. The minimum atomic E-state index is 0.681. The minimum absolute atomic E-state index is 0.681. The van der Waals surface area contributed by atoms with Gasteiger partial charge in [-0.3, -0.25) is 9.67 Å². The van der Waals surface area contributed by atoms with Crippen LogP contribution in [0.3, 0.4) is 0 Å². The number of pyridine rings is 1. The van der Waals surface area contributed by atoms with Crippen molar-refractivity contribution in [2.45, 2.75) is 32.9 Å². The Morgan fingerprint density at radius 1 is 1.19 bits per heavy atom. The zero-order chi connectivity index (χ0) is 18.4. The zero-order valence-corrected chi connectivity index (χ0v) is 15.9. The minimum Gasteiger partial charge on any atom is -0.357 e. The number of anilines is 1. The summed E-state index contributed by atoms with van der Waals surface area (Å²) < 4.78 is 1.85. The third-order valence-corrected chi connectivity index (χ3v) is 4.96. The number of piperidine rings is 1. The number of rotatable bonds is 5. The van der Waals surface area contributed by atoms with Gasteiger partial charge < -0.3 is 15.5 Å². The van der Waals surface area contributed by atoms with Gasteiger partial charge in [0.15, 0.2) is 5.96 Å². The molecule has 2 aromatic heterocycles. The van der Waals surface area contributed by atoms with Gasteiger partial charge in [-0.2, -0.15) is 5.10 Å². The Hall–Kier alpha value is -2.57. The average molecular weight is 355 g/mol. The number of hydrogen-bond acceptors (Lipinski definition) is 4. The number of aromatic nitrogens is 3.